The Balaban J connectivity index is 1.38. The standard InChI is InChI=1S/C21H23N3O3S/c22-14-16-7-12-28-21(16)23-20(25)6-9-24-8-1-3-17(24)15-4-5-18-19(13-15)27-11-2-10-26-18/h4-5,7,12-13,17H,1-3,6,8-11H2,(H,23,25)/t17-/m0/s1. The van der Waals surface area contributed by atoms with Crippen LogP contribution in [0.15, 0.2) is 29.6 Å². The maximum atomic E-state index is 12.3. The quantitative estimate of drug-likeness (QED) is 0.827. The summed E-state index contributed by atoms with van der Waals surface area (Å²) in [5.74, 6) is 1.58. The second kappa shape index (κ2) is 8.63. The van der Waals surface area contributed by atoms with Crippen LogP contribution in [0.3, 0.4) is 0 Å². The van der Waals surface area contributed by atoms with Crippen molar-refractivity contribution in [2.75, 3.05) is 31.6 Å². The molecule has 28 heavy (non-hydrogen) atoms. The summed E-state index contributed by atoms with van der Waals surface area (Å²) >= 11 is 1.38. The zero-order valence-corrected chi connectivity index (χ0v) is 16.5. The van der Waals surface area contributed by atoms with E-state index in [1.165, 1.54) is 16.9 Å². The van der Waals surface area contributed by atoms with Crippen molar-refractivity contribution in [2.24, 2.45) is 0 Å². The summed E-state index contributed by atoms with van der Waals surface area (Å²) in [5.41, 5.74) is 1.73. The maximum Gasteiger partial charge on any atom is 0.226 e. The Kier molecular flexibility index (Phi) is 5.79. The second-order valence-electron chi connectivity index (χ2n) is 7.02. The fraction of sp³-hybridized carbons (Fsp3) is 0.429. The minimum Gasteiger partial charge on any atom is -0.490 e. The van der Waals surface area contributed by atoms with Crippen LogP contribution in [0.1, 0.15) is 42.9 Å². The second-order valence-corrected chi connectivity index (χ2v) is 7.94. The van der Waals surface area contributed by atoms with E-state index in [0.717, 1.165) is 37.3 Å². The number of anilines is 1. The number of fused-ring (bicyclic) bond motifs is 1. The Labute approximate surface area is 168 Å². The number of likely N-dealkylation sites (tertiary alicyclic amines) is 1. The molecule has 0 aliphatic carbocycles. The summed E-state index contributed by atoms with van der Waals surface area (Å²) in [6, 6.07) is 10.3. The molecule has 146 valence electrons. The van der Waals surface area contributed by atoms with Crippen LogP contribution >= 0.6 is 11.3 Å². The molecule has 2 aliphatic rings. The van der Waals surface area contributed by atoms with Gasteiger partial charge < -0.3 is 14.8 Å². The molecular formula is C21H23N3O3S. The van der Waals surface area contributed by atoms with Gasteiger partial charge in [-0.25, -0.2) is 0 Å². The van der Waals surface area contributed by atoms with Crippen LogP contribution in [0.4, 0.5) is 5.00 Å². The van der Waals surface area contributed by atoms with E-state index in [1.54, 1.807) is 6.07 Å². The zero-order valence-electron chi connectivity index (χ0n) is 15.6. The van der Waals surface area contributed by atoms with Crippen LogP contribution in [0.2, 0.25) is 0 Å². The topological polar surface area (TPSA) is 74.6 Å². The van der Waals surface area contributed by atoms with Gasteiger partial charge in [-0.05, 0) is 48.5 Å². The summed E-state index contributed by atoms with van der Waals surface area (Å²) in [4.78, 5) is 14.7. The molecule has 1 atom stereocenters. The first kappa shape index (κ1) is 18.8. The molecule has 6 nitrogen and oxygen atoms in total. The van der Waals surface area contributed by atoms with E-state index in [0.29, 0.717) is 42.8 Å². The van der Waals surface area contributed by atoms with Crippen LogP contribution < -0.4 is 14.8 Å². The van der Waals surface area contributed by atoms with Gasteiger partial charge in [-0.1, -0.05) is 6.07 Å². The fourth-order valence-corrected chi connectivity index (χ4v) is 4.54. The van der Waals surface area contributed by atoms with Gasteiger partial charge in [0.15, 0.2) is 11.5 Å². The van der Waals surface area contributed by atoms with Gasteiger partial charge in [0, 0.05) is 25.4 Å². The highest BCUT2D eigenvalue weighted by Gasteiger charge is 2.27. The predicted octanol–water partition coefficient (Wildman–Crippen LogP) is 3.95. The Morgan fingerprint density at radius 2 is 2.11 bits per heavy atom. The first-order valence-corrected chi connectivity index (χ1v) is 10.5. The molecule has 1 amide bonds. The number of nitrogens with one attached hydrogen (secondary N) is 1. The summed E-state index contributed by atoms with van der Waals surface area (Å²) < 4.78 is 11.6. The number of benzene rings is 1. The van der Waals surface area contributed by atoms with Gasteiger partial charge in [0.1, 0.15) is 11.1 Å². The number of carbonyl (C=O) groups is 1. The molecule has 0 saturated carbocycles. The maximum absolute atomic E-state index is 12.3. The van der Waals surface area contributed by atoms with Crippen LogP contribution in [0.25, 0.3) is 0 Å². The largest absolute Gasteiger partial charge is 0.490 e. The summed E-state index contributed by atoms with van der Waals surface area (Å²) in [6.07, 6.45) is 3.49. The lowest BCUT2D eigenvalue weighted by atomic mass is 10.0. The van der Waals surface area contributed by atoms with Crippen LogP contribution in [0, 0.1) is 11.3 Å². The van der Waals surface area contributed by atoms with Crippen LogP contribution in [0.5, 0.6) is 11.5 Å². The number of nitriles is 1. The Hall–Kier alpha value is -2.56. The molecule has 0 unspecified atom stereocenters. The lowest BCUT2D eigenvalue weighted by Gasteiger charge is -2.25. The third kappa shape index (κ3) is 4.13. The number of hydrogen-bond donors (Lipinski definition) is 1. The number of rotatable bonds is 5. The number of thiophene rings is 1. The Morgan fingerprint density at radius 3 is 2.96 bits per heavy atom. The molecule has 1 N–H and O–H groups in total. The monoisotopic (exact) mass is 397 g/mol. The minimum atomic E-state index is -0.0525. The first-order valence-electron chi connectivity index (χ1n) is 9.65. The van der Waals surface area contributed by atoms with Gasteiger partial charge in [0.05, 0.1) is 18.8 Å². The third-order valence-corrected chi connectivity index (χ3v) is 6.01. The van der Waals surface area contributed by atoms with Gasteiger partial charge in [-0.15, -0.1) is 11.3 Å². The number of carbonyl (C=O) groups excluding carboxylic acids is 1. The highest BCUT2D eigenvalue weighted by molar-refractivity contribution is 7.14. The highest BCUT2D eigenvalue weighted by atomic mass is 32.1. The van der Waals surface area contributed by atoms with Gasteiger partial charge in [0.25, 0.3) is 0 Å². The van der Waals surface area contributed by atoms with Gasteiger partial charge >= 0.3 is 0 Å². The number of amides is 1. The summed E-state index contributed by atoms with van der Waals surface area (Å²) in [7, 11) is 0. The van der Waals surface area contributed by atoms with Gasteiger partial charge in [0.2, 0.25) is 5.91 Å². The minimum absolute atomic E-state index is 0.0525. The van der Waals surface area contributed by atoms with Crippen molar-refractivity contribution in [1.82, 2.24) is 4.90 Å². The molecule has 0 bridgehead atoms. The van der Waals surface area contributed by atoms with E-state index in [2.05, 4.69) is 28.4 Å². The first-order chi connectivity index (χ1) is 13.7. The molecule has 0 spiro atoms. The molecule has 7 heteroatoms. The van der Waals surface area contributed by atoms with Crippen LogP contribution in [-0.2, 0) is 4.79 Å². The molecule has 1 fully saturated rings. The van der Waals surface area contributed by atoms with Crippen molar-refractivity contribution in [3.8, 4) is 17.6 Å². The normalized spacial score (nSPS) is 19.0. The van der Waals surface area contributed by atoms with E-state index in [9.17, 15) is 4.79 Å². The molecule has 3 heterocycles. The van der Waals surface area contributed by atoms with Crippen molar-refractivity contribution in [1.29, 1.82) is 5.26 Å². The third-order valence-electron chi connectivity index (χ3n) is 5.18. The molecule has 0 radical (unpaired) electrons. The van der Waals surface area contributed by atoms with E-state index >= 15 is 0 Å². The molecule has 2 aliphatic heterocycles. The number of ether oxygens (including phenoxy) is 2. The SMILES string of the molecule is N#Cc1ccsc1NC(=O)CCN1CCC[C@H]1c1ccc2c(c1)OCCCO2. The van der Waals surface area contributed by atoms with E-state index in [1.807, 2.05) is 11.4 Å². The average molecular weight is 398 g/mol. The lowest BCUT2D eigenvalue weighted by molar-refractivity contribution is -0.116. The zero-order chi connectivity index (χ0) is 19.3. The van der Waals surface area contributed by atoms with Crippen molar-refractivity contribution in [3.63, 3.8) is 0 Å². The van der Waals surface area contributed by atoms with E-state index in [4.69, 9.17) is 14.7 Å². The lowest BCUT2D eigenvalue weighted by Crippen LogP contribution is -2.27. The smallest absolute Gasteiger partial charge is 0.226 e. The predicted molar refractivity (Wildman–Crippen MR) is 108 cm³/mol. The average Bonchev–Trinajstić information content (AvgIpc) is 3.29. The Bertz CT molecular complexity index is 889. The van der Waals surface area contributed by atoms with Crippen LogP contribution in [-0.4, -0.2) is 37.1 Å². The van der Waals surface area contributed by atoms with E-state index in [-0.39, 0.29) is 5.91 Å². The van der Waals surface area contributed by atoms with E-state index < -0.39 is 0 Å². The van der Waals surface area contributed by atoms with Gasteiger partial charge in [-0.2, -0.15) is 5.26 Å². The molecular weight excluding hydrogens is 374 g/mol. The molecule has 1 aromatic heterocycles. The van der Waals surface area contributed by atoms with Crippen molar-refractivity contribution >= 4 is 22.2 Å². The molecule has 1 aromatic carbocycles. The molecule has 1 saturated heterocycles. The number of hydrogen-bond acceptors (Lipinski definition) is 6. The van der Waals surface area contributed by atoms with Gasteiger partial charge in [-0.3, -0.25) is 9.69 Å². The highest BCUT2D eigenvalue weighted by Crippen LogP contribution is 2.37. The Morgan fingerprint density at radius 1 is 1.25 bits per heavy atom. The van der Waals surface area contributed by atoms with Crippen molar-refractivity contribution in [2.45, 2.75) is 31.7 Å². The summed E-state index contributed by atoms with van der Waals surface area (Å²) in [6.45, 7) is 3.04. The number of nitrogens with zero attached hydrogens (tertiary/aromatic N) is 2. The van der Waals surface area contributed by atoms with Crippen molar-refractivity contribution in [3.05, 3.63) is 40.8 Å². The molecule has 2 aromatic rings. The fourth-order valence-electron chi connectivity index (χ4n) is 3.79. The molecule has 4 rings (SSSR count). The van der Waals surface area contributed by atoms with Crippen molar-refractivity contribution < 1.29 is 14.3 Å². The summed E-state index contributed by atoms with van der Waals surface area (Å²) in [5, 5.41) is 14.4.